The quantitative estimate of drug-likeness (QED) is 0.625. The van der Waals surface area contributed by atoms with Crippen LogP contribution < -0.4 is 16.4 Å². The molecule has 0 unspecified atom stereocenters. The van der Waals surface area contributed by atoms with Gasteiger partial charge in [0, 0.05) is 12.1 Å². The molecule has 1 heterocycles. The zero-order chi connectivity index (χ0) is 17.7. The lowest BCUT2D eigenvalue weighted by atomic mass is 10.2. The van der Waals surface area contributed by atoms with Crippen molar-refractivity contribution >= 4 is 29.1 Å². The third-order valence-electron chi connectivity index (χ3n) is 2.93. The van der Waals surface area contributed by atoms with Gasteiger partial charge in [-0.25, -0.2) is 0 Å². The first kappa shape index (κ1) is 17.2. The van der Waals surface area contributed by atoms with Crippen LogP contribution >= 0.6 is 11.6 Å². The third kappa shape index (κ3) is 4.17. The second kappa shape index (κ2) is 7.38. The van der Waals surface area contributed by atoms with E-state index in [-0.39, 0.29) is 16.3 Å². The normalized spacial score (nSPS) is 10.0. The highest BCUT2D eigenvalue weighted by atomic mass is 35.5. The minimum absolute atomic E-state index is 0.159. The molecule has 0 saturated carbocycles. The van der Waals surface area contributed by atoms with E-state index in [1.54, 1.807) is 12.1 Å². The van der Waals surface area contributed by atoms with Crippen LogP contribution in [0, 0.1) is 10.1 Å². The minimum atomic E-state index is -0.738. The average Bonchev–Trinajstić information content (AvgIpc) is 2.55. The number of nitro groups is 1. The largest absolute Gasteiger partial charge is 0.299 e. The highest BCUT2D eigenvalue weighted by Gasteiger charge is 2.13. The van der Waals surface area contributed by atoms with Crippen molar-refractivity contribution in [2.45, 2.75) is 6.54 Å². The zero-order valence-corrected chi connectivity index (χ0v) is 12.8. The summed E-state index contributed by atoms with van der Waals surface area (Å²) < 4.78 is 0.856. The van der Waals surface area contributed by atoms with Gasteiger partial charge in [0.25, 0.3) is 23.1 Å². The Morgan fingerprint density at radius 1 is 1.17 bits per heavy atom. The molecule has 0 bridgehead atoms. The summed E-state index contributed by atoms with van der Waals surface area (Å²) in [5.41, 5.74) is 3.49. The van der Waals surface area contributed by atoms with Gasteiger partial charge in [-0.15, -0.1) is 0 Å². The molecule has 0 aliphatic carbocycles. The van der Waals surface area contributed by atoms with Gasteiger partial charge < -0.3 is 0 Å². The second-order valence-electron chi connectivity index (χ2n) is 4.59. The lowest BCUT2D eigenvalue weighted by Gasteiger charge is -2.09. The number of nitrogens with one attached hydrogen (secondary N) is 2. The maximum Gasteiger partial charge on any atom is 0.285 e. The van der Waals surface area contributed by atoms with Gasteiger partial charge in [0.15, 0.2) is 0 Å². The van der Waals surface area contributed by atoms with Crippen LogP contribution in [0.25, 0.3) is 0 Å². The van der Waals surface area contributed by atoms with E-state index in [1.165, 1.54) is 12.1 Å². The van der Waals surface area contributed by atoms with Crippen molar-refractivity contribution in [3.63, 3.8) is 0 Å². The molecule has 0 radical (unpaired) electrons. The topological polar surface area (TPSA) is 123 Å². The lowest BCUT2D eigenvalue weighted by Crippen LogP contribution is -2.44. The molecule has 0 aliphatic rings. The number of pyridine rings is 1. The van der Waals surface area contributed by atoms with Gasteiger partial charge in [-0.05, 0) is 12.1 Å². The summed E-state index contributed by atoms with van der Waals surface area (Å²) in [6, 6.07) is 8.25. The first-order valence-electron chi connectivity index (χ1n) is 6.57. The number of amides is 2. The van der Waals surface area contributed by atoms with E-state index in [2.05, 4.69) is 10.9 Å². The standard InChI is InChI=1S/C14H11ClN4O5/c15-11-4-2-1-3-10(11)14(22)17-16-12(20)8-18-7-9(19(23)24)5-6-13(18)21/h1-7H,8H2,(H,16,20)(H,17,22). The van der Waals surface area contributed by atoms with Crippen molar-refractivity contribution in [1.29, 1.82) is 0 Å². The van der Waals surface area contributed by atoms with Crippen molar-refractivity contribution < 1.29 is 14.5 Å². The highest BCUT2D eigenvalue weighted by Crippen LogP contribution is 2.14. The second-order valence-corrected chi connectivity index (χ2v) is 5.00. The Balaban J connectivity index is 2.00. The van der Waals surface area contributed by atoms with E-state index >= 15 is 0 Å². The van der Waals surface area contributed by atoms with E-state index < -0.39 is 28.8 Å². The predicted octanol–water partition coefficient (Wildman–Crippen LogP) is 0.871. The fraction of sp³-hybridized carbons (Fsp3) is 0.0714. The van der Waals surface area contributed by atoms with Gasteiger partial charge in [0.2, 0.25) is 0 Å². The van der Waals surface area contributed by atoms with Gasteiger partial charge in [0.1, 0.15) is 6.54 Å². The van der Waals surface area contributed by atoms with Crippen molar-refractivity contribution in [2.75, 3.05) is 0 Å². The summed E-state index contributed by atoms with van der Waals surface area (Å²) in [6.45, 7) is -0.497. The Labute approximate surface area is 140 Å². The summed E-state index contributed by atoms with van der Waals surface area (Å²) >= 11 is 5.85. The zero-order valence-electron chi connectivity index (χ0n) is 12.1. The Hall–Kier alpha value is -3.20. The van der Waals surface area contributed by atoms with Crippen LogP contribution in [0.2, 0.25) is 5.02 Å². The molecule has 2 rings (SSSR count). The molecule has 2 amide bonds. The molecule has 124 valence electrons. The van der Waals surface area contributed by atoms with E-state index in [4.69, 9.17) is 11.6 Å². The van der Waals surface area contributed by atoms with Gasteiger partial charge in [-0.1, -0.05) is 23.7 Å². The number of benzene rings is 1. The minimum Gasteiger partial charge on any atom is -0.299 e. The van der Waals surface area contributed by atoms with E-state index in [1.807, 2.05) is 0 Å². The maximum atomic E-state index is 11.9. The summed E-state index contributed by atoms with van der Waals surface area (Å²) in [6.07, 6.45) is 0.942. The number of hydrogen-bond acceptors (Lipinski definition) is 5. The Morgan fingerprint density at radius 3 is 2.54 bits per heavy atom. The molecule has 9 nitrogen and oxygen atoms in total. The van der Waals surface area contributed by atoms with E-state index in [0.29, 0.717) is 0 Å². The summed E-state index contributed by atoms with van der Waals surface area (Å²) in [5.74, 6) is -1.38. The fourth-order valence-electron chi connectivity index (χ4n) is 1.78. The molecule has 0 atom stereocenters. The van der Waals surface area contributed by atoms with Crippen molar-refractivity contribution in [3.8, 4) is 0 Å². The molecule has 0 fully saturated rings. The van der Waals surface area contributed by atoms with Crippen LogP contribution in [0.4, 0.5) is 5.69 Å². The molecule has 24 heavy (non-hydrogen) atoms. The van der Waals surface area contributed by atoms with E-state index in [9.17, 15) is 24.5 Å². The first-order chi connectivity index (χ1) is 11.4. The van der Waals surface area contributed by atoms with Crippen LogP contribution in [0.1, 0.15) is 10.4 Å². The summed E-state index contributed by atoms with van der Waals surface area (Å²) in [4.78, 5) is 45.2. The number of hydrogen-bond donors (Lipinski definition) is 2. The van der Waals surface area contributed by atoms with Gasteiger partial charge in [-0.2, -0.15) is 0 Å². The highest BCUT2D eigenvalue weighted by molar-refractivity contribution is 6.33. The van der Waals surface area contributed by atoms with Crippen molar-refractivity contribution in [2.24, 2.45) is 0 Å². The molecule has 1 aromatic heterocycles. The lowest BCUT2D eigenvalue weighted by molar-refractivity contribution is -0.385. The maximum absolute atomic E-state index is 11.9. The predicted molar refractivity (Wildman–Crippen MR) is 84.4 cm³/mol. The van der Waals surface area contributed by atoms with Crippen LogP contribution in [-0.4, -0.2) is 21.3 Å². The number of aromatic nitrogens is 1. The molecule has 1 aromatic carbocycles. The number of hydrazine groups is 1. The number of carbonyl (C=O) groups excluding carboxylic acids is 2. The molecule has 0 spiro atoms. The molecule has 10 heteroatoms. The fourth-order valence-corrected chi connectivity index (χ4v) is 2.01. The Kier molecular flexibility index (Phi) is 5.27. The van der Waals surface area contributed by atoms with Crippen LogP contribution in [0.5, 0.6) is 0 Å². The third-order valence-corrected chi connectivity index (χ3v) is 3.26. The van der Waals surface area contributed by atoms with Gasteiger partial charge in [0.05, 0.1) is 21.7 Å². The Bertz CT molecular complexity index is 864. The molecule has 2 N–H and O–H groups in total. The van der Waals surface area contributed by atoms with Crippen molar-refractivity contribution in [3.05, 3.63) is 73.6 Å². The summed E-state index contributed by atoms with van der Waals surface area (Å²) in [5, 5.41) is 10.9. The van der Waals surface area contributed by atoms with Crippen molar-refractivity contribution in [1.82, 2.24) is 15.4 Å². The molecule has 0 saturated heterocycles. The number of halogens is 1. The molecular formula is C14H11ClN4O5. The van der Waals surface area contributed by atoms with Gasteiger partial charge >= 0.3 is 0 Å². The van der Waals surface area contributed by atoms with Crippen LogP contribution in [0.3, 0.4) is 0 Å². The van der Waals surface area contributed by atoms with Gasteiger partial charge in [-0.3, -0.25) is 39.9 Å². The SMILES string of the molecule is O=C(Cn1cc([N+](=O)[O-])ccc1=O)NNC(=O)c1ccccc1Cl. The van der Waals surface area contributed by atoms with E-state index in [0.717, 1.165) is 22.9 Å². The molecule has 0 aliphatic heterocycles. The Morgan fingerprint density at radius 2 is 1.88 bits per heavy atom. The number of nitrogens with zero attached hydrogens (tertiary/aromatic N) is 2. The molecule has 2 aromatic rings. The average molecular weight is 351 g/mol. The van der Waals surface area contributed by atoms with Crippen LogP contribution in [0.15, 0.2) is 47.4 Å². The molecular weight excluding hydrogens is 340 g/mol. The smallest absolute Gasteiger partial charge is 0.285 e. The number of carbonyl (C=O) groups is 2. The summed E-state index contributed by atoms with van der Waals surface area (Å²) in [7, 11) is 0. The van der Waals surface area contributed by atoms with Crippen LogP contribution in [-0.2, 0) is 11.3 Å². The number of rotatable bonds is 4. The monoisotopic (exact) mass is 350 g/mol. The first-order valence-corrected chi connectivity index (χ1v) is 6.95.